The quantitative estimate of drug-likeness (QED) is 0.551. The molecule has 4 heteroatoms. The van der Waals surface area contributed by atoms with E-state index in [4.69, 9.17) is 0 Å². The summed E-state index contributed by atoms with van der Waals surface area (Å²) in [4.78, 5) is 0. The summed E-state index contributed by atoms with van der Waals surface area (Å²) in [6, 6.07) is 0. The molecule has 0 heterocycles. The maximum atomic E-state index is 4.21. The van der Waals surface area contributed by atoms with E-state index in [1.54, 1.807) is 0 Å². The van der Waals surface area contributed by atoms with Crippen LogP contribution in [0.5, 0.6) is 0 Å². The molecule has 1 radical (unpaired) electrons. The van der Waals surface area contributed by atoms with E-state index >= 15 is 0 Å². The molecule has 0 aromatic heterocycles. The summed E-state index contributed by atoms with van der Waals surface area (Å²) >= 11 is 0.958. The van der Waals surface area contributed by atoms with E-state index in [0.29, 0.717) is 0 Å². The molecule has 0 amide bonds. The van der Waals surface area contributed by atoms with Gasteiger partial charge in [0, 0.05) is 49.4 Å². The van der Waals surface area contributed by atoms with E-state index in [1.165, 1.54) is 0 Å². The molecular formula is H3EuGaSSr. The van der Waals surface area contributed by atoms with E-state index in [2.05, 4.69) is 10.1 Å². The Kier molecular flexibility index (Phi) is 61.8. The molecule has 0 atom stereocenters. The Hall–Kier alpha value is 3.92. The van der Waals surface area contributed by atoms with Crippen molar-refractivity contribution >= 4 is 72.4 Å². The van der Waals surface area contributed by atoms with Gasteiger partial charge in [-0.15, -0.1) is 0 Å². The number of rotatable bonds is 0. The second-order valence-electron chi connectivity index (χ2n) is 0. The molecule has 0 saturated carbocycles. The van der Waals surface area contributed by atoms with Crippen LogP contribution < -0.4 is 0 Å². The van der Waals surface area contributed by atoms with Crippen molar-refractivity contribution in [1.29, 1.82) is 0 Å². The Labute approximate surface area is 121 Å². The fraction of sp³-hybridized carbons (Fsp3) is 0. The molecule has 4 heavy (non-hydrogen) atoms. The minimum absolute atomic E-state index is 0. The molecule has 0 bridgehead atoms. The van der Waals surface area contributed by atoms with Gasteiger partial charge < -0.3 is 2.85 Å². The first-order chi connectivity index (χ1) is 1.00. The maximum absolute atomic E-state index is 4.21. The molecule has 0 spiro atoms. The van der Waals surface area contributed by atoms with Crippen LogP contribution in [0.4, 0.5) is 0 Å². The third-order valence-corrected chi connectivity index (χ3v) is 0. The summed E-state index contributed by atoms with van der Waals surface area (Å²) in [7, 11) is 4.21. The van der Waals surface area contributed by atoms with Crippen molar-refractivity contribution in [3.63, 3.8) is 0 Å². The fourth-order valence-corrected chi connectivity index (χ4v) is 0. The van der Waals surface area contributed by atoms with Gasteiger partial charge in [0.1, 0.15) is 0 Å². The van der Waals surface area contributed by atoms with Gasteiger partial charge in [-0.25, -0.2) is 0 Å². The van der Waals surface area contributed by atoms with Crippen LogP contribution in [0.15, 0.2) is 0 Å². The molecule has 0 aliphatic heterocycles. The average Bonchev–Trinajstić information content (AvgIpc) is 1.00. The van der Waals surface area contributed by atoms with Gasteiger partial charge in [0.15, 0.2) is 0 Å². The van der Waals surface area contributed by atoms with Crippen molar-refractivity contribution in [3.8, 4) is 0 Å². The Morgan fingerprint density at radius 2 is 1.50 bits per heavy atom. The third kappa shape index (κ3) is 9.33. The van der Waals surface area contributed by atoms with E-state index in [1.807, 2.05) is 0 Å². The first-order valence-electron chi connectivity index (χ1n) is 0.289. The third-order valence-electron chi connectivity index (χ3n) is 0. The van der Waals surface area contributed by atoms with E-state index in [-0.39, 0.29) is 97.7 Å². The molecular weight excluding hydrogens is 341 g/mol. The zero-order valence-corrected chi connectivity index (χ0v) is 11.9. The largest absolute Gasteiger partial charge is 2.00 e. The maximum Gasteiger partial charge on any atom is 2.00 e. The molecule has 0 rings (SSSR count). The molecule has 0 unspecified atom stereocenters. The van der Waals surface area contributed by atoms with Gasteiger partial charge in [-0.1, -0.05) is 0 Å². The Bertz CT molecular complexity index is 13.5. The average molecular weight is 344 g/mol. The van der Waals surface area contributed by atoms with Gasteiger partial charge in [0.05, 0.1) is 0 Å². The van der Waals surface area contributed by atoms with Crippen molar-refractivity contribution in [2.75, 3.05) is 0 Å². The first kappa shape index (κ1) is 15.7. The van der Waals surface area contributed by atoms with Crippen LogP contribution >= 0.6 is 10.1 Å². The second-order valence-corrected chi connectivity index (χ2v) is 0. The monoisotopic (exact) mass is 345 g/mol. The number of hydrogen-bond acceptors (Lipinski definition) is 1. The molecule has 0 fully saturated rings. The Morgan fingerprint density at radius 1 is 1.50 bits per heavy atom. The van der Waals surface area contributed by atoms with Gasteiger partial charge in [0.2, 0.25) is 0 Å². The SMILES string of the molecule is [Eu].[H-].[H-].[S]=[GaH].[Sr+2]. The van der Waals surface area contributed by atoms with Gasteiger partial charge in [-0.3, -0.25) is 0 Å². The topological polar surface area (TPSA) is 0 Å². The Morgan fingerprint density at radius 3 is 1.50 bits per heavy atom. The van der Waals surface area contributed by atoms with Gasteiger partial charge in [-0.2, -0.15) is 0 Å². The summed E-state index contributed by atoms with van der Waals surface area (Å²) in [5, 5.41) is 0. The summed E-state index contributed by atoms with van der Waals surface area (Å²) < 4.78 is 0. The van der Waals surface area contributed by atoms with Gasteiger partial charge >= 0.3 is 72.4 Å². The van der Waals surface area contributed by atoms with E-state index in [0.717, 1.165) is 16.8 Å². The van der Waals surface area contributed by atoms with Crippen LogP contribution in [-0.2, 0) is 0 Å². The van der Waals surface area contributed by atoms with Crippen LogP contribution in [0.1, 0.15) is 2.85 Å². The first-order valence-corrected chi connectivity index (χ1v) is 4.50. The zero-order chi connectivity index (χ0) is 2.00. The zero-order valence-electron chi connectivity index (χ0n) is 4.20. The molecule has 0 saturated heterocycles. The van der Waals surface area contributed by atoms with Crippen LogP contribution in [-0.4, -0.2) is 62.3 Å². The standard InChI is InChI=1S/Eu.Ga.S.Sr.3H/q;;;+2;;2*-1. The van der Waals surface area contributed by atoms with Crippen LogP contribution in [0.25, 0.3) is 0 Å². The summed E-state index contributed by atoms with van der Waals surface area (Å²) in [5.74, 6) is 0. The van der Waals surface area contributed by atoms with Crippen molar-refractivity contribution in [3.05, 3.63) is 0 Å². The van der Waals surface area contributed by atoms with Crippen LogP contribution in [0, 0.1) is 49.4 Å². The molecule has 0 aromatic rings. The molecule has 0 nitrogen and oxygen atoms in total. The normalized spacial score (nSPS) is 0.750. The van der Waals surface area contributed by atoms with Crippen molar-refractivity contribution < 1.29 is 52.2 Å². The summed E-state index contributed by atoms with van der Waals surface area (Å²) in [6.45, 7) is 0. The van der Waals surface area contributed by atoms with Crippen molar-refractivity contribution in [2.24, 2.45) is 0 Å². The molecule has 0 aromatic carbocycles. The fourth-order valence-electron chi connectivity index (χ4n) is 0. The van der Waals surface area contributed by atoms with Crippen LogP contribution in [0.3, 0.4) is 0 Å². The molecule has 0 aliphatic carbocycles. The van der Waals surface area contributed by atoms with Gasteiger partial charge in [0.25, 0.3) is 0 Å². The predicted octanol–water partition coefficient (Wildman–Crippen LogP) is -0.156. The smallest absolute Gasteiger partial charge is 2.00 e. The molecule has 0 N–H and O–H groups in total. The molecule has 0 aliphatic rings. The van der Waals surface area contributed by atoms with Crippen molar-refractivity contribution in [2.45, 2.75) is 0 Å². The van der Waals surface area contributed by atoms with E-state index in [9.17, 15) is 0 Å². The van der Waals surface area contributed by atoms with Gasteiger partial charge in [-0.05, 0) is 0 Å². The second kappa shape index (κ2) is 15.8. The van der Waals surface area contributed by atoms with Crippen LogP contribution in [0.2, 0.25) is 0 Å². The minimum Gasteiger partial charge on any atom is 2.00 e. The van der Waals surface area contributed by atoms with E-state index < -0.39 is 0 Å². The summed E-state index contributed by atoms with van der Waals surface area (Å²) in [5.41, 5.74) is 0. The summed E-state index contributed by atoms with van der Waals surface area (Å²) in [6.07, 6.45) is 0. The molecule has 21 valence electrons. The Balaban J connectivity index is -0.000000000833. The van der Waals surface area contributed by atoms with Crippen molar-refractivity contribution in [1.82, 2.24) is 0 Å². The predicted molar refractivity (Wildman–Crippen MR) is 22.7 cm³/mol. The number of hydrogen-bond donors (Lipinski definition) is 0. The minimum atomic E-state index is 0.